The molecule has 0 saturated carbocycles. The molecule has 0 aliphatic rings. The zero-order valence-corrected chi connectivity index (χ0v) is 12.7. The molecule has 0 saturated heterocycles. The number of hydrazone groups is 1. The van der Waals surface area contributed by atoms with Crippen molar-refractivity contribution in [2.24, 2.45) is 5.10 Å². The lowest BCUT2D eigenvalue weighted by atomic mass is 10.2. The second-order valence-corrected chi connectivity index (χ2v) is 6.24. The normalized spacial score (nSPS) is 12.2. The fourth-order valence-corrected chi connectivity index (χ4v) is 2.63. The molecule has 0 amide bonds. The van der Waals surface area contributed by atoms with Gasteiger partial charge in [0.25, 0.3) is 15.7 Å². The van der Waals surface area contributed by atoms with Gasteiger partial charge in [-0.05, 0) is 32.0 Å². The van der Waals surface area contributed by atoms with Gasteiger partial charge in [0, 0.05) is 17.8 Å². The van der Waals surface area contributed by atoms with Gasteiger partial charge in [-0.25, -0.2) is 0 Å². The third kappa shape index (κ3) is 3.31. The van der Waals surface area contributed by atoms with Gasteiger partial charge < -0.3 is 4.98 Å². The second kappa shape index (κ2) is 5.98. The van der Waals surface area contributed by atoms with Gasteiger partial charge in [-0.2, -0.15) is 18.4 Å². The molecule has 0 aliphatic heterocycles. The SMILES string of the molecule is C/C(=N\NS(=O)(=O)c1ccc(C)c([N+](=O)[O-])c1)c1ccc[nH]1. The van der Waals surface area contributed by atoms with E-state index in [1.54, 1.807) is 25.3 Å². The molecule has 0 spiro atoms. The summed E-state index contributed by atoms with van der Waals surface area (Å²) in [6.07, 6.45) is 1.69. The minimum atomic E-state index is -3.98. The first-order valence-corrected chi connectivity index (χ1v) is 7.74. The van der Waals surface area contributed by atoms with Crippen LogP contribution in [0.3, 0.4) is 0 Å². The van der Waals surface area contributed by atoms with Crippen LogP contribution in [0.4, 0.5) is 5.69 Å². The maximum atomic E-state index is 12.1. The van der Waals surface area contributed by atoms with E-state index in [4.69, 9.17) is 0 Å². The van der Waals surface area contributed by atoms with E-state index in [0.717, 1.165) is 6.07 Å². The van der Waals surface area contributed by atoms with Crippen LogP contribution in [0, 0.1) is 17.0 Å². The minimum Gasteiger partial charge on any atom is -0.360 e. The van der Waals surface area contributed by atoms with Crippen LogP contribution in [0.25, 0.3) is 0 Å². The predicted molar refractivity (Wildman–Crippen MR) is 81.2 cm³/mol. The first-order chi connectivity index (χ1) is 10.3. The number of sulfonamides is 1. The summed E-state index contributed by atoms with van der Waals surface area (Å²) in [7, 11) is -3.98. The van der Waals surface area contributed by atoms with Gasteiger partial charge in [-0.3, -0.25) is 10.1 Å². The molecule has 1 aromatic carbocycles. The van der Waals surface area contributed by atoms with Crippen LogP contribution in [0.5, 0.6) is 0 Å². The summed E-state index contributed by atoms with van der Waals surface area (Å²) in [6.45, 7) is 3.17. The second-order valence-electron chi connectivity index (χ2n) is 4.58. The van der Waals surface area contributed by atoms with Gasteiger partial charge in [-0.1, -0.05) is 6.07 Å². The Kier molecular flexibility index (Phi) is 4.27. The molecule has 116 valence electrons. The Bertz CT molecular complexity index is 826. The highest BCUT2D eigenvalue weighted by atomic mass is 32.2. The number of nitro benzene ring substituents is 1. The van der Waals surface area contributed by atoms with E-state index in [1.165, 1.54) is 19.1 Å². The minimum absolute atomic E-state index is 0.215. The summed E-state index contributed by atoms with van der Waals surface area (Å²) < 4.78 is 24.3. The third-order valence-corrected chi connectivity index (χ3v) is 4.22. The van der Waals surface area contributed by atoms with E-state index in [9.17, 15) is 18.5 Å². The standard InChI is InChI=1S/C13H14N4O4S/c1-9-5-6-11(8-13(9)17(18)19)22(20,21)16-15-10(2)12-4-3-7-14-12/h3-8,14,16H,1-2H3/b15-10+. The number of hydrogen-bond donors (Lipinski definition) is 2. The molecule has 0 radical (unpaired) electrons. The summed E-state index contributed by atoms with van der Waals surface area (Å²) in [5.41, 5.74) is 1.23. The monoisotopic (exact) mass is 322 g/mol. The fraction of sp³-hybridized carbons (Fsp3) is 0.154. The summed E-state index contributed by atoms with van der Waals surface area (Å²) in [5, 5.41) is 14.7. The van der Waals surface area contributed by atoms with Crippen molar-refractivity contribution in [3.63, 3.8) is 0 Å². The van der Waals surface area contributed by atoms with E-state index < -0.39 is 14.9 Å². The summed E-state index contributed by atoms with van der Waals surface area (Å²) in [4.78, 5) is 15.0. The molecule has 0 fully saturated rings. The number of aryl methyl sites for hydroxylation is 1. The number of nitrogens with one attached hydrogen (secondary N) is 2. The highest BCUT2D eigenvalue weighted by Crippen LogP contribution is 2.22. The fourth-order valence-electron chi connectivity index (χ4n) is 1.75. The molecule has 22 heavy (non-hydrogen) atoms. The molecule has 0 atom stereocenters. The molecule has 2 N–H and O–H groups in total. The lowest BCUT2D eigenvalue weighted by Crippen LogP contribution is -2.20. The Morgan fingerprint density at radius 3 is 2.68 bits per heavy atom. The number of nitro groups is 1. The van der Waals surface area contributed by atoms with Gasteiger partial charge in [-0.15, -0.1) is 0 Å². The van der Waals surface area contributed by atoms with Gasteiger partial charge in [0.15, 0.2) is 0 Å². The molecule has 1 aromatic heterocycles. The molecular formula is C13H14N4O4S. The van der Waals surface area contributed by atoms with E-state index >= 15 is 0 Å². The van der Waals surface area contributed by atoms with Crippen LogP contribution in [0.1, 0.15) is 18.2 Å². The quantitative estimate of drug-likeness (QED) is 0.497. The van der Waals surface area contributed by atoms with Crippen molar-refractivity contribution >= 4 is 21.4 Å². The van der Waals surface area contributed by atoms with Gasteiger partial charge in [0.05, 0.1) is 21.2 Å². The van der Waals surface area contributed by atoms with Crippen LogP contribution in [-0.2, 0) is 10.0 Å². The van der Waals surface area contributed by atoms with Gasteiger partial charge >= 0.3 is 0 Å². The molecule has 9 heteroatoms. The number of benzene rings is 1. The van der Waals surface area contributed by atoms with Crippen molar-refractivity contribution < 1.29 is 13.3 Å². The van der Waals surface area contributed by atoms with Gasteiger partial charge in [0.1, 0.15) is 0 Å². The van der Waals surface area contributed by atoms with E-state index in [1.807, 2.05) is 0 Å². The molecule has 2 rings (SSSR count). The summed E-state index contributed by atoms with van der Waals surface area (Å²) in [6, 6.07) is 7.19. The van der Waals surface area contributed by atoms with Gasteiger partial charge in [0.2, 0.25) is 0 Å². The summed E-state index contributed by atoms with van der Waals surface area (Å²) >= 11 is 0. The molecular weight excluding hydrogens is 308 g/mol. The van der Waals surface area contributed by atoms with Crippen molar-refractivity contribution in [2.45, 2.75) is 18.7 Å². The first kappa shape index (κ1) is 15.7. The number of nitrogens with zero attached hydrogens (tertiary/aromatic N) is 2. The zero-order chi connectivity index (χ0) is 16.3. The van der Waals surface area contributed by atoms with Crippen LogP contribution in [0.2, 0.25) is 0 Å². The number of H-pyrrole nitrogens is 1. The van der Waals surface area contributed by atoms with Crippen LogP contribution in [-0.4, -0.2) is 24.0 Å². The largest absolute Gasteiger partial charge is 0.360 e. The molecule has 0 bridgehead atoms. The topological polar surface area (TPSA) is 117 Å². The van der Waals surface area contributed by atoms with Crippen molar-refractivity contribution in [1.29, 1.82) is 0 Å². The smallest absolute Gasteiger partial charge is 0.276 e. The van der Waals surface area contributed by atoms with E-state index in [-0.39, 0.29) is 10.6 Å². The Morgan fingerprint density at radius 2 is 2.09 bits per heavy atom. The van der Waals surface area contributed by atoms with Crippen molar-refractivity contribution in [3.8, 4) is 0 Å². The number of aromatic amines is 1. The Labute approximate surface area is 127 Å². The maximum absolute atomic E-state index is 12.1. The summed E-state index contributed by atoms with van der Waals surface area (Å²) in [5.74, 6) is 0. The highest BCUT2D eigenvalue weighted by Gasteiger charge is 2.19. The van der Waals surface area contributed by atoms with Crippen molar-refractivity contribution in [1.82, 2.24) is 9.82 Å². The molecule has 2 aromatic rings. The Morgan fingerprint density at radius 1 is 1.36 bits per heavy atom. The molecule has 1 heterocycles. The number of aromatic nitrogens is 1. The van der Waals surface area contributed by atoms with Crippen LogP contribution < -0.4 is 4.83 Å². The Hall–Kier alpha value is -2.68. The number of rotatable bonds is 5. The molecule has 0 unspecified atom stereocenters. The maximum Gasteiger partial charge on any atom is 0.276 e. The van der Waals surface area contributed by atoms with Crippen LogP contribution >= 0.6 is 0 Å². The molecule has 0 aliphatic carbocycles. The molecule has 8 nitrogen and oxygen atoms in total. The van der Waals surface area contributed by atoms with E-state index in [0.29, 0.717) is 17.0 Å². The lowest BCUT2D eigenvalue weighted by Gasteiger charge is -2.05. The number of hydrogen-bond acceptors (Lipinski definition) is 5. The zero-order valence-electron chi connectivity index (χ0n) is 11.9. The average Bonchev–Trinajstić information content (AvgIpc) is 2.99. The van der Waals surface area contributed by atoms with Crippen molar-refractivity contribution in [2.75, 3.05) is 0 Å². The van der Waals surface area contributed by atoms with Crippen LogP contribution in [0.15, 0.2) is 46.5 Å². The third-order valence-electron chi connectivity index (χ3n) is 3.01. The van der Waals surface area contributed by atoms with E-state index in [2.05, 4.69) is 14.9 Å². The Balaban J connectivity index is 2.30. The average molecular weight is 322 g/mol. The lowest BCUT2D eigenvalue weighted by molar-refractivity contribution is -0.385. The predicted octanol–water partition coefficient (Wildman–Crippen LogP) is 1.93. The van der Waals surface area contributed by atoms with Crippen molar-refractivity contribution in [3.05, 3.63) is 57.9 Å². The highest BCUT2D eigenvalue weighted by molar-refractivity contribution is 7.89. The first-order valence-electron chi connectivity index (χ1n) is 6.26.